The third-order valence-electron chi connectivity index (χ3n) is 2.85. The smallest absolute Gasteiger partial charge is 0.421 e. The topological polar surface area (TPSA) is 46.5 Å². The molecule has 0 saturated carbocycles. The van der Waals surface area contributed by atoms with Gasteiger partial charge in [0.15, 0.2) is 5.60 Å². The van der Waals surface area contributed by atoms with Crippen molar-refractivity contribution in [3.63, 3.8) is 0 Å². The number of hydrogen-bond acceptors (Lipinski definition) is 3. The Balaban J connectivity index is 3.07. The van der Waals surface area contributed by atoms with Crippen molar-refractivity contribution < 1.29 is 27.8 Å². The number of hydrogen-bond donors (Lipinski definition) is 1. The lowest BCUT2D eigenvalue weighted by atomic mass is 9.90. The summed E-state index contributed by atoms with van der Waals surface area (Å²) in [6, 6.07) is 4.59. The van der Waals surface area contributed by atoms with Crippen LogP contribution in [0.1, 0.15) is 36.2 Å². The van der Waals surface area contributed by atoms with Crippen LogP contribution in [0.5, 0.6) is 0 Å². The second-order valence-electron chi connectivity index (χ2n) is 4.01. The Bertz CT molecular complexity index is 439. The predicted molar refractivity (Wildman–Crippen MR) is 62.6 cm³/mol. The van der Waals surface area contributed by atoms with Gasteiger partial charge in [-0.3, -0.25) is 0 Å². The van der Waals surface area contributed by atoms with Crippen molar-refractivity contribution in [1.82, 2.24) is 0 Å². The fraction of sp³-hybridized carbons (Fsp3) is 0.462. The highest BCUT2D eigenvalue weighted by molar-refractivity contribution is 5.89. The maximum absolute atomic E-state index is 12.8. The molecule has 0 saturated heterocycles. The third-order valence-corrected chi connectivity index (χ3v) is 2.85. The molecular formula is C13H15F3O3. The predicted octanol–water partition coefficient (Wildman–Crippen LogP) is 3.02. The number of alkyl halides is 3. The first-order valence-corrected chi connectivity index (χ1v) is 5.83. The minimum Gasteiger partial charge on any atom is -0.462 e. The molecule has 6 heteroatoms. The molecule has 1 aromatic carbocycles. The molecule has 0 aliphatic rings. The van der Waals surface area contributed by atoms with Gasteiger partial charge < -0.3 is 9.84 Å². The van der Waals surface area contributed by atoms with Crippen LogP contribution in [0.2, 0.25) is 0 Å². The molecule has 1 aromatic rings. The van der Waals surface area contributed by atoms with E-state index in [1.54, 1.807) is 6.92 Å². The number of esters is 1. The quantitative estimate of drug-likeness (QED) is 0.860. The van der Waals surface area contributed by atoms with Crippen molar-refractivity contribution in [2.45, 2.75) is 32.0 Å². The summed E-state index contributed by atoms with van der Waals surface area (Å²) in [6.45, 7) is 3.06. The molecule has 0 spiro atoms. The molecule has 0 amide bonds. The average molecular weight is 276 g/mol. The van der Waals surface area contributed by atoms with Gasteiger partial charge in [0.05, 0.1) is 12.2 Å². The fourth-order valence-corrected chi connectivity index (χ4v) is 1.66. The van der Waals surface area contributed by atoms with Gasteiger partial charge in [0.25, 0.3) is 0 Å². The first kappa shape index (κ1) is 15.5. The molecule has 0 fully saturated rings. The third kappa shape index (κ3) is 3.07. The molecule has 0 aliphatic carbocycles. The van der Waals surface area contributed by atoms with Gasteiger partial charge in [-0.25, -0.2) is 4.79 Å². The first-order valence-electron chi connectivity index (χ1n) is 5.83. The van der Waals surface area contributed by atoms with E-state index in [1.165, 1.54) is 19.1 Å². The molecular weight excluding hydrogens is 261 g/mol. The van der Waals surface area contributed by atoms with E-state index in [-0.39, 0.29) is 17.7 Å². The van der Waals surface area contributed by atoms with Crippen molar-refractivity contribution in [1.29, 1.82) is 0 Å². The van der Waals surface area contributed by atoms with E-state index >= 15 is 0 Å². The van der Waals surface area contributed by atoms with Crippen LogP contribution in [-0.4, -0.2) is 23.9 Å². The van der Waals surface area contributed by atoms with E-state index in [4.69, 9.17) is 4.74 Å². The van der Waals surface area contributed by atoms with E-state index in [0.29, 0.717) is 0 Å². The minimum absolute atomic E-state index is 0.145. The molecule has 19 heavy (non-hydrogen) atoms. The summed E-state index contributed by atoms with van der Waals surface area (Å²) in [5.74, 6) is -0.610. The number of ether oxygens (including phenoxy) is 1. The molecule has 3 nitrogen and oxygen atoms in total. The van der Waals surface area contributed by atoms with E-state index < -0.39 is 24.2 Å². The number of halogens is 3. The Morgan fingerprint density at radius 2 is 1.74 bits per heavy atom. The Morgan fingerprint density at radius 1 is 1.21 bits per heavy atom. The van der Waals surface area contributed by atoms with Crippen LogP contribution in [0, 0.1) is 0 Å². The Morgan fingerprint density at radius 3 is 2.11 bits per heavy atom. The van der Waals surface area contributed by atoms with Gasteiger partial charge in [-0.2, -0.15) is 13.2 Å². The van der Waals surface area contributed by atoms with Crippen LogP contribution in [0.25, 0.3) is 0 Å². The zero-order chi connectivity index (χ0) is 14.7. The Kier molecular flexibility index (Phi) is 4.57. The Labute approximate surface area is 109 Å². The number of aliphatic hydroxyl groups is 1. The van der Waals surface area contributed by atoms with E-state index in [0.717, 1.165) is 12.1 Å². The van der Waals surface area contributed by atoms with Gasteiger partial charge in [-0.05, 0) is 31.0 Å². The summed E-state index contributed by atoms with van der Waals surface area (Å²) in [7, 11) is 0. The second kappa shape index (κ2) is 5.61. The van der Waals surface area contributed by atoms with Gasteiger partial charge in [0.1, 0.15) is 0 Å². The van der Waals surface area contributed by atoms with Crippen LogP contribution in [0.4, 0.5) is 13.2 Å². The maximum Gasteiger partial charge on any atom is 0.421 e. The van der Waals surface area contributed by atoms with Crippen LogP contribution in [0.3, 0.4) is 0 Å². The van der Waals surface area contributed by atoms with Crippen molar-refractivity contribution in [2.24, 2.45) is 0 Å². The number of carbonyl (C=O) groups excluding carboxylic acids is 1. The lowest BCUT2D eigenvalue weighted by Crippen LogP contribution is -2.41. The van der Waals surface area contributed by atoms with Crippen molar-refractivity contribution in [3.8, 4) is 0 Å². The highest BCUT2D eigenvalue weighted by Crippen LogP contribution is 2.41. The molecule has 0 aliphatic heterocycles. The van der Waals surface area contributed by atoms with E-state index in [9.17, 15) is 23.1 Å². The molecule has 0 aromatic heterocycles. The molecule has 1 rings (SSSR count). The SMILES string of the molecule is CCOC(=O)c1ccc(C(O)(CC)C(F)(F)F)cc1. The lowest BCUT2D eigenvalue weighted by Gasteiger charge is -2.29. The number of benzene rings is 1. The highest BCUT2D eigenvalue weighted by Gasteiger charge is 2.53. The summed E-state index contributed by atoms with van der Waals surface area (Å²) < 4.78 is 43.2. The van der Waals surface area contributed by atoms with Crippen molar-refractivity contribution >= 4 is 5.97 Å². The van der Waals surface area contributed by atoms with Crippen LogP contribution in [-0.2, 0) is 10.3 Å². The second-order valence-corrected chi connectivity index (χ2v) is 4.01. The molecule has 0 heterocycles. The van der Waals surface area contributed by atoms with Crippen LogP contribution in [0.15, 0.2) is 24.3 Å². The molecule has 0 radical (unpaired) electrons. The summed E-state index contributed by atoms with van der Waals surface area (Å²) in [6.07, 6.45) is -5.28. The lowest BCUT2D eigenvalue weighted by molar-refractivity contribution is -0.267. The standard InChI is InChI=1S/C13H15F3O3/c1-3-12(18,13(14,15)16)10-7-5-9(6-8-10)11(17)19-4-2/h5-8,18H,3-4H2,1-2H3. The summed E-state index contributed by atoms with van der Waals surface area (Å²) in [5.41, 5.74) is -3.05. The van der Waals surface area contributed by atoms with Gasteiger partial charge in [-0.1, -0.05) is 19.1 Å². The van der Waals surface area contributed by atoms with Crippen molar-refractivity contribution in [3.05, 3.63) is 35.4 Å². The zero-order valence-electron chi connectivity index (χ0n) is 10.6. The van der Waals surface area contributed by atoms with Crippen LogP contribution < -0.4 is 0 Å². The van der Waals surface area contributed by atoms with Gasteiger partial charge in [-0.15, -0.1) is 0 Å². The van der Waals surface area contributed by atoms with E-state index in [1.807, 2.05) is 0 Å². The number of carbonyl (C=O) groups is 1. The number of rotatable bonds is 4. The largest absolute Gasteiger partial charge is 0.462 e. The first-order chi connectivity index (χ1) is 8.76. The molecule has 1 unspecified atom stereocenters. The summed E-state index contributed by atoms with van der Waals surface area (Å²) >= 11 is 0. The minimum atomic E-state index is -4.77. The van der Waals surface area contributed by atoms with Gasteiger partial charge in [0.2, 0.25) is 0 Å². The average Bonchev–Trinajstić information content (AvgIpc) is 2.37. The molecule has 106 valence electrons. The summed E-state index contributed by atoms with van der Waals surface area (Å²) in [5, 5.41) is 9.72. The highest BCUT2D eigenvalue weighted by atomic mass is 19.4. The molecule has 1 atom stereocenters. The Hall–Kier alpha value is -1.56. The van der Waals surface area contributed by atoms with Gasteiger partial charge >= 0.3 is 12.1 Å². The molecule has 0 bridgehead atoms. The maximum atomic E-state index is 12.8. The molecule has 1 N–H and O–H groups in total. The van der Waals surface area contributed by atoms with Crippen molar-refractivity contribution in [2.75, 3.05) is 6.61 Å². The monoisotopic (exact) mass is 276 g/mol. The van der Waals surface area contributed by atoms with Gasteiger partial charge in [0, 0.05) is 0 Å². The fourth-order valence-electron chi connectivity index (χ4n) is 1.66. The van der Waals surface area contributed by atoms with Crippen LogP contribution >= 0.6 is 0 Å². The zero-order valence-corrected chi connectivity index (χ0v) is 10.6. The van der Waals surface area contributed by atoms with E-state index in [2.05, 4.69) is 0 Å². The normalized spacial score (nSPS) is 14.8. The summed E-state index contributed by atoms with van der Waals surface area (Å²) in [4.78, 5) is 11.4.